The Hall–Kier alpha value is -3.30. The van der Waals surface area contributed by atoms with Crippen LogP contribution in [0.2, 0.25) is 0 Å². The maximum Gasteiger partial charge on any atom is 0.229 e. The molecule has 0 aliphatic heterocycles. The van der Waals surface area contributed by atoms with Crippen LogP contribution < -0.4 is 5.32 Å². The molecule has 0 unspecified atom stereocenters. The lowest BCUT2D eigenvalue weighted by Gasteiger charge is -2.09. The Morgan fingerprint density at radius 3 is 2.50 bits per heavy atom. The molecule has 3 heterocycles. The summed E-state index contributed by atoms with van der Waals surface area (Å²) in [4.78, 5) is 4.82. The number of fused-ring (bicyclic) bond motifs is 3. The molecule has 0 saturated heterocycles. The number of aromatic nitrogens is 4. The Bertz CT molecular complexity index is 1510. The smallest absolute Gasteiger partial charge is 0.229 e. The van der Waals surface area contributed by atoms with Gasteiger partial charge < -0.3 is 5.32 Å². The number of hydrogen-bond donors (Lipinski definition) is 1. The van der Waals surface area contributed by atoms with E-state index in [4.69, 9.17) is 0 Å². The van der Waals surface area contributed by atoms with Crippen molar-refractivity contribution in [1.29, 1.82) is 0 Å². The summed E-state index contributed by atoms with van der Waals surface area (Å²) in [6, 6.07) is 18.8. The maximum atomic E-state index is 13.4. The maximum absolute atomic E-state index is 13.4. The third-order valence-electron chi connectivity index (χ3n) is 5.34. The molecule has 1 N–H and O–H groups in total. The van der Waals surface area contributed by atoms with Crippen LogP contribution in [-0.2, 0) is 16.4 Å². The monoisotopic (exact) mass is 463 g/mol. The van der Waals surface area contributed by atoms with Crippen LogP contribution >= 0.6 is 11.3 Å². The van der Waals surface area contributed by atoms with Crippen LogP contribution in [0.5, 0.6) is 0 Å². The summed E-state index contributed by atoms with van der Waals surface area (Å²) in [5.74, 6) is 0.925. The number of hydrogen-bond acceptors (Lipinski definition) is 7. The van der Waals surface area contributed by atoms with Gasteiger partial charge in [-0.15, -0.1) is 16.4 Å². The Kier molecular flexibility index (Phi) is 5.15. The molecule has 0 atom stereocenters. The van der Waals surface area contributed by atoms with Gasteiger partial charge in [0.05, 0.1) is 15.1 Å². The third-order valence-corrected chi connectivity index (χ3v) is 7.91. The standard InChI is InChI=1S/C23H21N5O2S2/c1-15(2)17-8-10-18(11-9-17)32(29,30)23-22-25-21(24-14-16-6-4-3-5-7-16)20-19(12-13-31-20)28(22)27-26-23/h3-13,15H,14H2,1-2H3,(H,24,25). The highest BCUT2D eigenvalue weighted by Gasteiger charge is 2.27. The second-order valence-corrected chi connectivity index (χ2v) is 10.6. The molecule has 32 heavy (non-hydrogen) atoms. The van der Waals surface area contributed by atoms with Gasteiger partial charge in [-0.3, -0.25) is 0 Å². The zero-order chi connectivity index (χ0) is 22.3. The lowest BCUT2D eigenvalue weighted by molar-refractivity contribution is 0.592. The molecule has 0 spiro atoms. The van der Waals surface area contributed by atoms with Gasteiger partial charge in [0, 0.05) is 6.54 Å². The molecule has 0 aliphatic rings. The molecular weight excluding hydrogens is 442 g/mol. The normalized spacial score (nSPS) is 12.1. The first-order valence-corrected chi connectivity index (χ1v) is 12.6. The van der Waals surface area contributed by atoms with Gasteiger partial charge >= 0.3 is 0 Å². The zero-order valence-corrected chi connectivity index (χ0v) is 19.2. The van der Waals surface area contributed by atoms with E-state index in [9.17, 15) is 8.42 Å². The van der Waals surface area contributed by atoms with Crippen molar-refractivity contribution in [2.24, 2.45) is 0 Å². The minimum Gasteiger partial charge on any atom is -0.365 e. The van der Waals surface area contributed by atoms with E-state index in [1.54, 1.807) is 12.1 Å². The first-order chi connectivity index (χ1) is 15.4. The van der Waals surface area contributed by atoms with Crippen molar-refractivity contribution in [3.8, 4) is 0 Å². The highest BCUT2D eigenvalue weighted by molar-refractivity contribution is 7.91. The number of thiophene rings is 1. The van der Waals surface area contributed by atoms with E-state index in [2.05, 4.69) is 34.5 Å². The van der Waals surface area contributed by atoms with Gasteiger partial charge in [-0.1, -0.05) is 61.5 Å². The fourth-order valence-electron chi connectivity index (χ4n) is 3.54. The van der Waals surface area contributed by atoms with E-state index >= 15 is 0 Å². The van der Waals surface area contributed by atoms with E-state index in [0.717, 1.165) is 21.3 Å². The first kappa shape index (κ1) is 20.6. The van der Waals surface area contributed by atoms with Crippen LogP contribution in [0.4, 0.5) is 5.82 Å². The van der Waals surface area contributed by atoms with Crippen LogP contribution in [0.3, 0.4) is 0 Å². The summed E-state index contributed by atoms with van der Waals surface area (Å²) in [7, 11) is -3.88. The Labute approximate surface area is 189 Å². The van der Waals surface area contributed by atoms with Crippen molar-refractivity contribution in [2.75, 3.05) is 5.32 Å². The number of nitrogens with one attached hydrogen (secondary N) is 1. The number of anilines is 1. The number of rotatable bonds is 6. The highest BCUT2D eigenvalue weighted by atomic mass is 32.2. The molecule has 0 aliphatic carbocycles. The summed E-state index contributed by atoms with van der Waals surface area (Å²) in [5.41, 5.74) is 3.14. The van der Waals surface area contributed by atoms with Crippen LogP contribution in [0, 0.1) is 0 Å². The molecule has 5 aromatic rings. The SMILES string of the molecule is CC(C)c1ccc(S(=O)(=O)c2nnn3c2nc(NCc2ccccc2)c2sccc23)cc1. The molecule has 9 heteroatoms. The minimum atomic E-state index is -3.88. The van der Waals surface area contributed by atoms with Crippen molar-refractivity contribution in [1.82, 2.24) is 19.8 Å². The van der Waals surface area contributed by atoms with Crippen LogP contribution in [-0.4, -0.2) is 28.2 Å². The van der Waals surface area contributed by atoms with Crippen molar-refractivity contribution in [3.05, 3.63) is 77.2 Å². The van der Waals surface area contributed by atoms with Crippen LogP contribution in [0.1, 0.15) is 30.9 Å². The summed E-state index contributed by atoms with van der Waals surface area (Å²) in [5, 5.41) is 13.3. The fraction of sp³-hybridized carbons (Fsp3) is 0.174. The van der Waals surface area contributed by atoms with E-state index in [1.807, 2.05) is 53.9 Å². The van der Waals surface area contributed by atoms with Gasteiger partial charge in [0.15, 0.2) is 5.65 Å². The first-order valence-electron chi connectivity index (χ1n) is 10.2. The van der Waals surface area contributed by atoms with Gasteiger partial charge in [0.25, 0.3) is 0 Å². The van der Waals surface area contributed by atoms with Gasteiger partial charge in [-0.2, -0.15) is 4.52 Å². The number of nitrogens with zero attached hydrogens (tertiary/aromatic N) is 4. The lowest BCUT2D eigenvalue weighted by Crippen LogP contribution is -2.07. The molecular formula is C23H21N5O2S2. The van der Waals surface area contributed by atoms with Crippen LogP contribution in [0.15, 0.2) is 76.0 Å². The quantitative estimate of drug-likeness (QED) is 0.385. The predicted molar refractivity (Wildman–Crippen MR) is 126 cm³/mol. The van der Waals surface area contributed by atoms with Gasteiger partial charge in [0.2, 0.25) is 14.9 Å². The molecule has 0 amide bonds. The molecule has 5 rings (SSSR count). The highest BCUT2D eigenvalue weighted by Crippen LogP contribution is 2.31. The third kappa shape index (κ3) is 3.53. The average molecular weight is 464 g/mol. The van der Waals surface area contributed by atoms with Crippen molar-refractivity contribution < 1.29 is 8.42 Å². The molecule has 0 saturated carbocycles. The molecule has 0 radical (unpaired) electrons. The summed E-state index contributed by atoms with van der Waals surface area (Å²) in [6.45, 7) is 4.70. The van der Waals surface area contributed by atoms with E-state index in [-0.39, 0.29) is 15.6 Å². The molecule has 162 valence electrons. The Morgan fingerprint density at radius 2 is 1.78 bits per heavy atom. The van der Waals surface area contributed by atoms with Crippen LogP contribution in [0.25, 0.3) is 15.9 Å². The average Bonchev–Trinajstić information content (AvgIpc) is 3.45. The number of sulfone groups is 1. The molecule has 7 nitrogen and oxygen atoms in total. The zero-order valence-electron chi connectivity index (χ0n) is 17.6. The Morgan fingerprint density at radius 1 is 1.03 bits per heavy atom. The molecule has 0 fully saturated rings. The van der Waals surface area contributed by atoms with Crippen molar-refractivity contribution in [2.45, 2.75) is 36.2 Å². The second-order valence-electron chi connectivity index (χ2n) is 7.79. The van der Waals surface area contributed by atoms with Gasteiger partial charge in [-0.05, 0) is 40.6 Å². The van der Waals surface area contributed by atoms with Gasteiger partial charge in [-0.25, -0.2) is 13.4 Å². The van der Waals surface area contributed by atoms with Gasteiger partial charge in [0.1, 0.15) is 5.82 Å². The molecule has 3 aromatic heterocycles. The van der Waals surface area contributed by atoms with Crippen molar-refractivity contribution in [3.63, 3.8) is 0 Å². The van der Waals surface area contributed by atoms with E-state index < -0.39 is 9.84 Å². The Balaban J connectivity index is 1.60. The van der Waals surface area contributed by atoms with E-state index in [1.165, 1.54) is 15.9 Å². The largest absolute Gasteiger partial charge is 0.365 e. The minimum absolute atomic E-state index is 0.148. The lowest BCUT2D eigenvalue weighted by atomic mass is 10.0. The summed E-state index contributed by atoms with van der Waals surface area (Å²) in [6.07, 6.45) is 0. The van der Waals surface area contributed by atoms with Crippen molar-refractivity contribution >= 4 is 42.9 Å². The summed E-state index contributed by atoms with van der Waals surface area (Å²) < 4.78 is 29.1. The molecule has 2 aromatic carbocycles. The topological polar surface area (TPSA) is 89.2 Å². The predicted octanol–water partition coefficient (Wildman–Crippen LogP) is 4.91. The molecule has 0 bridgehead atoms. The van der Waals surface area contributed by atoms with E-state index in [0.29, 0.717) is 18.3 Å². The number of benzene rings is 2. The summed E-state index contributed by atoms with van der Waals surface area (Å²) >= 11 is 1.52. The fourth-order valence-corrected chi connectivity index (χ4v) is 5.61. The second kappa shape index (κ2) is 7.99.